The minimum atomic E-state index is -0.220. The fraction of sp³-hybridized carbons (Fsp3) is 0.533. The molecule has 0 fully saturated rings. The second-order valence-corrected chi connectivity index (χ2v) is 5.37. The van der Waals surface area contributed by atoms with Gasteiger partial charge in [-0.15, -0.1) is 0 Å². The van der Waals surface area contributed by atoms with E-state index in [2.05, 4.69) is 15.4 Å². The summed E-state index contributed by atoms with van der Waals surface area (Å²) in [7, 11) is 1.92. The zero-order valence-electron chi connectivity index (χ0n) is 13.2. The fourth-order valence-electron chi connectivity index (χ4n) is 2.37. The standard InChI is InChI=1S/C15H22N4O2/c1-9-8-16-15(21-9)11(3)17-14(20)7-6-13-10(2)18-19(5)12(13)4/h8,11H,6-7H2,1-5H3,(H,17,20). The highest BCUT2D eigenvalue weighted by atomic mass is 16.4. The van der Waals surface area contributed by atoms with Crippen LogP contribution < -0.4 is 5.32 Å². The van der Waals surface area contributed by atoms with Crippen molar-refractivity contribution in [3.05, 3.63) is 34.8 Å². The molecule has 0 aliphatic carbocycles. The molecule has 0 aliphatic heterocycles. The van der Waals surface area contributed by atoms with Crippen molar-refractivity contribution in [3.8, 4) is 0 Å². The van der Waals surface area contributed by atoms with E-state index in [-0.39, 0.29) is 11.9 Å². The summed E-state index contributed by atoms with van der Waals surface area (Å²) >= 11 is 0. The lowest BCUT2D eigenvalue weighted by molar-refractivity contribution is -0.121. The van der Waals surface area contributed by atoms with Crippen molar-refractivity contribution < 1.29 is 9.21 Å². The van der Waals surface area contributed by atoms with Crippen molar-refractivity contribution in [3.63, 3.8) is 0 Å². The Morgan fingerprint density at radius 2 is 2.14 bits per heavy atom. The number of rotatable bonds is 5. The predicted octanol–water partition coefficient (Wildman–Crippen LogP) is 2.14. The molecular weight excluding hydrogens is 268 g/mol. The number of hydrogen-bond acceptors (Lipinski definition) is 4. The Morgan fingerprint density at radius 1 is 1.43 bits per heavy atom. The summed E-state index contributed by atoms with van der Waals surface area (Å²) in [6, 6.07) is -0.220. The van der Waals surface area contributed by atoms with Gasteiger partial charge in [-0.3, -0.25) is 9.48 Å². The van der Waals surface area contributed by atoms with Gasteiger partial charge in [-0.05, 0) is 39.7 Å². The van der Waals surface area contributed by atoms with E-state index in [0.717, 1.165) is 22.7 Å². The van der Waals surface area contributed by atoms with Crippen LogP contribution >= 0.6 is 0 Å². The van der Waals surface area contributed by atoms with Gasteiger partial charge in [0.25, 0.3) is 0 Å². The van der Waals surface area contributed by atoms with Crippen molar-refractivity contribution >= 4 is 5.91 Å². The van der Waals surface area contributed by atoms with Crippen LogP contribution in [0.3, 0.4) is 0 Å². The molecule has 0 radical (unpaired) electrons. The minimum absolute atomic E-state index is 0.0130. The number of carbonyl (C=O) groups is 1. The maximum absolute atomic E-state index is 12.0. The Kier molecular flexibility index (Phi) is 4.45. The highest BCUT2D eigenvalue weighted by Gasteiger charge is 2.16. The predicted molar refractivity (Wildman–Crippen MR) is 78.8 cm³/mol. The number of oxazole rings is 1. The number of nitrogens with one attached hydrogen (secondary N) is 1. The molecule has 114 valence electrons. The Bertz CT molecular complexity index is 642. The van der Waals surface area contributed by atoms with E-state index in [1.807, 2.05) is 39.4 Å². The second-order valence-electron chi connectivity index (χ2n) is 5.37. The SMILES string of the molecule is Cc1cnc(C(C)NC(=O)CCc2c(C)nn(C)c2C)o1. The molecule has 1 unspecified atom stereocenters. The van der Waals surface area contributed by atoms with E-state index < -0.39 is 0 Å². The van der Waals surface area contributed by atoms with Gasteiger partial charge >= 0.3 is 0 Å². The molecule has 0 aromatic carbocycles. The van der Waals surface area contributed by atoms with Crippen LogP contribution in [0.5, 0.6) is 0 Å². The summed E-state index contributed by atoms with van der Waals surface area (Å²) in [6.45, 7) is 7.69. The van der Waals surface area contributed by atoms with Crippen molar-refractivity contribution in [2.24, 2.45) is 7.05 Å². The van der Waals surface area contributed by atoms with Crippen LogP contribution in [0.4, 0.5) is 0 Å². The topological polar surface area (TPSA) is 73.0 Å². The van der Waals surface area contributed by atoms with Gasteiger partial charge in [0, 0.05) is 19.2 Å². The lowest BCUT2D eigenvalue weighted by atomic mass is 10.1. The average molecular weight is 290 g/mol. The molecule has 0 aliphatic rings. The van der Waals surface area contributed by atoms with Gasteiger partial charge in [0.2, 0.25) is 11.8 Å². The summed E-state index contributed by atoms with van der Waals surface area (Å²) in [4.78, 5) is 16.2. The smallest absolute Gasteiger partial charge is 0.220 e. The number of hydrogen-bond donors (Lipinski definition) is 1. The molecule has 2 aromatic rings. The Balaban J connectivity index is 1.90. The largest absolute Gasteiger partial charge is 0.444 e. The zero-order chi connectivity index (χ0) is 15.6. The fourth-order valence-corrected chi connectivity index (χ4v) is 2.37. The molecular formula is C15H22N4O2. The van der Waals surface area contributed by atoms with E-state index in [1.165, 1.54) is 0 Å². The molecule has 0 saturated heterocycles. The first kappa shape index (κ1) is 15.3. The van der Waals surface area contributed by atoms with Crippen molar-refractivity contribution in [1.82, 2.24) is 20.1 Å². The van der Waals surface area contributed by atoms with Crippen molar-refractivity contribution in [1.29, 1.82) is 0 Å². The molecule has 1 amide bonds. The van der Waals surface area contributed by atoms with Crippen molar-refractivity contribution in [2.75, 3.05) is 0 Å². The third-order valence-corrected chi connectivity index (χ3v) is 3.65. The van der Waals surface area contributed by atoms with Gasteiger partial charge < -0.3 is 9.73 Å². The van der Waals surface area contributed by atoms with Crippen LogP contribution in [0.15, 0.2) is 10.6 Å². The van der Waals surface area contributed by atoms with E-state index >= 15 is 0 Å². The molecule has 0 spiro atoms. The molecule has 6 nitrogen and oxygen atoms in total. The quantitative estimate of drug-likeness (QED) is 0.915. The maximum Gasteiger partial charge on any atom is 0.220 e. The average Bonchev–Trinajstić information content (AvgIpc) is 2.94. The molecule has 2 aromatic heterocycles. The number of amides is 1. The lowest BCUT2D eigenvalue weighted by Crippen LogP contribution is -2.27. The third kappa shape index (κ3) is 3.51. The number of nitrogens with zero attached hydrogens (tertiary/aromatic N) is 3. The Labute approximate surface area is 124 Å². The number of carbonyl (C=O) groups excluding carboxylic acids is 1. The van der Waals surface area contributed by atoms with E-state index in [9.17, 15) is 4.79 Å². The monoisotopic (exact) mass is 290 g/mol. The Hall–Kier alpha value is -2.11. The van der Waals surface area contributed by atoms with Gasteiger partial charge in [-0.2, -0.15) is 5.10 Å². The maximum atomic E-state index is 12.0. The van der Waals surface area contributed by atoms with Crippen molar-refractivity contribution in [2.45, 2.75) is 46.6 Å². The minimum Gasteiger partial charge on any atom is -0.444 e. The first-order valence-electron chi connectivity index (χ1n) is 7.09. The van der Waals surface area contributed by atoms with Gasteiger partial charge in [0.05, 0.1) is 11.9 Å². The molecule has 2 heterocycles. The number of aromatic nitrogens is 3. The van der Waals surface area contributed by atoms with Crippen LogP contribution in [0.2, 0.25) is 0 Å². The molecule has 21 heavy (non-hydrogen) atoms. The van der Waals surface area contributed by atoms with Crippen LogP contribution in [-0.2, 0) is 18.3 Å². The molecule has 1 atom stereocenters. The van der Waals surface area contributed by atoms with E-state index in [4.69, 9.17) is 4.42 Å². The highest BCUT2D eigenvalue weighted by molar-refractivity contribution is 5.76. The van der Waals surface area contributed by atoms with Crippen LogP contribution in [0.25, 0.3) is 0 Å². The summed E-state index contributed by atoms with van der Waals surface area (Å²) in [5, 5.41) is 7.26. The zero-order valence-corrected chi connectivity index (χ0v) is 13.2. The summed E-state index contributed by atoms with van der Waals surface area (Å²) < 4.78 is 7.26. The normalized spacial score (nSPS) is 12.4. The second kappa shape index (κ2) is 6.11. The first-order chi connectivity index (χ1) is 9.88. The van der Waals surface area contributed by atoms with Gasteiger partial charge in [0.1, 0.15) is 11.8 Å². The molecule has 0 bridgehead atoms. The van der Waals surface area contributed by atoms with Crippen LogP contribution in [0.1, 0.15) is 48.0 Å². The summed E-state index contributed by atoms with van der Waals surface area (Å²) in [6.07, 6.45) is 2.77. The molecule has 1 N–H and O–H groups in total. The summed E-state index contributed by atoms with van der Waals surface area (Å²) in [5.74, 6) is 1.27. The van der Waals surface area contributed by atoms with E-state index in [1.54, 1.807) is 6.20 Å². The highest BCUT2D eigenvalue weighted by Crippen LogP contribution is 2.15. The van der Waals surface area contributed by atoms with E-state index in [0.29, 0.717) is 18.7 Å². The first-order valence-corrected chi connectivity index (χ1v) is 7.09. The molecule has 2 rings (SSSR count). The van der Waals surface area contributed by atoms with Gasteiger partial charge in [0.15, 0.2) is 0 Å². The van der Waals surface area contributed by atoms with Crippen LogP contribution in [-0.4, -0.2) is 20.7 Å². The van der Waals surface area contributed by atoms with Gasteiger partial charge in [-0.1, -0.05) is 0 Å². The van der Waals surface area contributed by atoms with Crippen LogP contribution in [0, 0.1) is 20.8 Å². The molecule has 0 saturated carbocycles. The van der Waals surface area contributed by atoms with Gasteiger partial charge in [-0.25, -0.2) is 4.98 Å². The lowest BCUT2D eigenvalue weighted by Gasteiger charge is -2.10. The summed E-state index contributed by atoms with van der Waals surface area (Å²) in [5.41, 5.74) is 3.24. The number of aryl methyl sites for hydroxylation is 3. The Morgan fingerprint density at radius 3 is 2.67 bits per heavy atom. The third-order valence-electron chi connectivity index (χ3n) is 3.65. The molecule has 6 heteroatoms.